The Hall–Kier alpha value is -3.26. The third-order valence-corrected chi connectivity index (χ3v) is 6.67. The highest BCUT2D eigenvalue weighted by Gasteiger charge is 2.25. The first-order valence-corrected chi connectivity index (χ1v) is 11.2. The Labute approximate surface area is 185 Å². The van der Waals surface area contributed by atoms with Crippen molar-refractivity contribution >= 4 is 33.1 Å². The van der Waals surface area contributed by atoms with E-state index in [1.54, 1.807) is 11.3 Å². The minimum absolute atomic E-state index is 0.114. The molecule has 1 fully saturated rings. The molecular weight excluding hydrogens is 408 g/mol. The summed E-state index contributed by atoms with van der Waals surface area (Å²) >= 11 is 1.57. The predicted octanol–water partition coefficient (Wildman–Crippen LogP) is 3.76. The van der Waals surface area contributed by atoms with Crippen LogP contribution < -0.4 is 4.90 Å². The summed E-state index contributed by atoms with van der Waals surface area (Å²) in [5.41, 5.74) is 2.00. The van der Waals surface area contributed by atoms with Crippen LogP contribution in [0.5, 0.6) is 0 Å². The van der Waals surface area contributed by atoms with Crippen molar-refractivity contribution in [2.45, 2.75) is 20.8 Å². The van der Waals surface area contributed by atoms with Gasteiger partial charge in [-0.3, -0.25) is 4.79 Å². The predicted molar refractivity (Wildman–Crippen MR) is 123 cm³/mol. The van der Waals surface area contributed by atoms with Crippen LogP contribution in [-0.4, -0.2) is 56.7 Å². The maximum absolute atomic E-state index is 13.0. The molecule has 31 heavy (non-hydrogen) atoms. The summed E-state index contributed by atoms with van der Waals surface area (Å²) in [5.74, 6) is 2.48. The molecule has 0 N–H and O–H groups in total. The van der Waals surface area contributed by atoms with Crippen molar-refractivity contribution in [2.75, 3.05) is 31.1 Å². The molecule has 0 unspecified atom stereocenters. The molecular formula is C23H24N6OS. The summed E-state index contributed by atoms with van der Waals surface area (Å²) in [4.78, 5) is 27.2. The highest BCUT2D eigenvalue weighted by Crippen LogP contribution is 2.27. The number of fused-ring (bicyclic) bond motifs is 1. The number of piperazine rings is 1. The van der Waals surface area contributed by atoms with Crippen molar-refractivity contribution in [2.24, 2.45) is 0 Å². The van der Waals surface area contributed by atoms with Gasteiger partial charge in [0.1, 0.15) is 11.6 Å². The van der Waals surface area contributed by atoms with Gasteiger partial charge in [-0.05, 0) is 44.4 Å². The summed E-state index contributed by atoms with van der Waals surface area (Å²) in [5, 5.41) is 5.68. The number of rotatable bonds is 3. The first-order chi connectivity index (χ1) is 15.0. The standard InChI is InChI=1S/C23H24N6OS/c1-15-12-16(2)29(26-15)22-14-21(24-17(3)25-22)27-8-10-28(11-9-27)23(30)20-13-18-6-4-5-7-19(18)31-20/h4-7,12-14H,8-11H2,1-3H3. The molecule has 0 radical (unpaired) electrons. The monoisotopic (exact) mass is 432 g/mol. The number of carbonyl (C=O) groups is 1. The Morgan fingerprint density at radius 2 is 1.68 bits per heavy atom. The van der Waals surface area contributed by atoms with Gasteiger partial charge < -0.3 is 9.80 Å². The van der Waals surface area contributed by atoms with Crippen LogP contribution in [-0.2, 0) is 0 Å². The third-order valence-electron chi connectivity index (χ3n) is 5.56. The van der Waals surface area contributed by atoms with E-state index in [-0.39, 0.29) is 5.91 Å². The van der Waals surface area contributed by atoms with E-state index < -0.39 is 0 Å². The summed E-state index contributed by atoms with van der Waals surface area (Å²) in [6, 6.07) is 14.2. The Morgan fingerprint density at radius 1 is 0.935 bits per heavy atom. The second kappa shape index (κ2) is 7.77. The number of thiophene rings is 1. The lowest BCUT2D eigenvalue weighted by molar-refractivity contribution is 0.0751. The van der Waals surface area contributed by atoms with Gasteiger partial charge in [0.25, 0.3) is 5.91 Å². The molecule has 1 aromatic carbocycles. The van der Waals surface area contributed by atoms with Gasteiger partial charge >= 0.3 is 0 Å². The molecule has 7 nitrogen and oxygen atoms in total. The quantitative estimate of drug-likeness (QED) is 0.493. The average Bonchev–Trinajstić information content (AvgIpc) is 3.35. The molecule has 1 saturated heterocycles. The molecule has 1 aliphatic rings. The van der Waals surface area contributed by atoms with Crippen molar-refractivity contribution in [3.63, 3.8) is 0 Å². The molecule has 0 saturated carbocycles. The van der Waals surface area contributed by atoms with Gasteiger partial charge in [0.05, 0.1) is 10.6 Å². The van der Waals surface area contributed by atoms with Crippen molar-refractivity contribution in [1.29, 1.82) is 0 Å². The van der Waals surface area contributed by atoms with E-state index in [0.717, 1.165) is 51.1 Å². The van der Waals surface area contributed by atoms with Gasteiger partial charge in [-0.2, -0.15) is 5.10 Å². The normalized spacial score (nSPS) is 14.4. The van der Waals surface area contributed by atoms with Crippen LogP contribution in [0.1, 0.15) is 26.9 Å². The molecule has 0 bridgehead atoms. The second-order valence-corrected chi connectivity index (χ2v) is 8.98. The molecule has 158 valence electrons. The van der Waals surface area contributed by atoms with Gasteiger partial charge in [0, 0.05) is 42.6 Å². The van der Waals surface area contributed by atoms with Gasteiger partial charge in [-0.1, -0.05) is 18.2 Å². The van der Waals surface area contributed by atoms with E-state index in [4.69, 9.17) is 0 Å². The fourth-order valence-corrected chi connectivity index (χ4v) is 5.08. The fourth-order valence-electron chi connectivity index (χ4n) is 4.05. The zero-order chi connectivity index (χ0) is 21.5. The van der Waals surface area contributed by atoms with Crippen LogP contribution in [0.25, 0.3) is 15.9 Å². The molecule has 8 heteroatoms. The number of hydrogen-bond donors (Lipinski definition) is 0. The number of aromatic nitrogens is 4. The maximum atomic E-state index is 13.0. The van der Waals surface area contributed by atoms with Crippen molar-refractivity contribution in [3.05, 3.63) is 64.6 Å². The van der Waals surface area contributed by atoms with Crippen molar-refractivity contribution in [1.82, 2.24) is 24.6 Å². The van der Waals surface area contributed by atoms with Crippen LogP contribution in [0.2, 0.25) is 0 Å². The van der Waals surface area contributed by atoms with Crippen molar-refractivity contribution in [3.8, 4) is 5.82 Å². The van der Waals surface area contributed by atoms with E-state index in [1.807, 2.05) is 60.7 Å². The number of carbonyl (C=O) groups excluding carboxylic acids is 1. The van der Waals surface area contributed by atoms with E-state index in [1.165, 1.54) is 0 Å². The van der Waals surface area contributed by atoms with Crippen LogP contribution in [0.3, 0.4) is 0 Å². The van der Waals surface area contributed by atoms with E-state index in [0.29, 0.717) is 18.9 Å². The number of amides is 1. The van der Waals surface area contributed by atoms with Crippen LogP contribution in [0.15, 0.2) is 42.5 Å². The van der Waals surface area contributed by atoms with Crippen molar-refractivity contribution < 1.29 is 4.79 Å². The molecule has 0 spiro atoms. The summed E-state index contributed by atoms with van der Waals surface area (Å²) in [7, 11) is 0. The SMILES string of the molecule is Cc1cc(C)n(-c2cc(N3CCN(C(=O)c4cc5ccccc5s4)CC3)nc(C)n2)n1. The maximum Gasteiger partial charge on any atom is 0.264 e. The smallest absolute Gasteiger partial charge is 0.264 e. The van der Waals surface area contributed by atoms with E-state index >= 15 is 0 Å². The molecule has 1 aliphatic heterocycles. The Morgan fingerprint density at radius 3 is 2.39 bits per heavy atom. The molecule has 0 atom stereocenters. The molecule has 0 aliphatic carbocycles. The summed E-state index contributed by atoms with van der Waals surface area (Å²) in [6.45, 7) is 8.73. The number of nitrogens with zero attached hydrogens (tertiary/aromatic N) is 6. The Balaban J connectivity index is 1.32. The van der Waals surface area contributed by atoms with Crippen LogP contribution >= 0.6 is 11.3 Å². The highest BCUT2D eigenvalue weighted by atomic mass is 32.1. The van der Waals surface area contributed by atoms with Gasteiger partial charge in [-0.15, -0.1) is 11.3 Å². The number of benzene rings is 1. The molecule has 5 rings (SSSR count). The first kappa shape index (κ1) is 19.7. The lowest BCUT2D eigenvalue weighted by Gasteiger charge is -2.35. The minimum Gasteiger partial charge on any atom is -0.353 e. The first-order valence-electron chi connectivity index (χ1n) is 10.4. The van der Waals surface area contributed by atoms with E-state index in [2.05, 4.69) is 32.1 Å². The Kier molecular flexibility index (Phi) is 4.94. The van der Waals surface area contributed by atoms with Crippen LogP contribution in [0.4, 0.5) is 5.82 Å². The molecule has 4 aromatic rings. The fraction of sp³-hybridized carbons (Fsp3) is 0.304. The summed E-state index contributed by atoms with van der Waals surface area (Å²) < 4.78 is 3.01. The highest BCUT2D eigenvalue weighted by molar-refractivity contribution is 7.20. The summed E-state index contributed by atoms with van der Waals surface area (Å²) in [6.07, 6.45) is 0. The third kappa shape index (κ3) is 3.79. The Bertz CT molecular complexity index is 1240. The number of anilines is 1. The average molecular weight is 433 g/mol. The minimum atomic E-state index is 0.114. The second-order valence-electron chi connectivity index (χ2n) is 7.90. The van der Waals surface area contributed by atoms with Crippen LogP contribution in [0, 0.1) is 20.8 Å². The largest absolute Gasteiger partial charge is 0.353 e. The van der Waals surface area contributed by atoms with Gasteiger partial charge in [0.15, 0.2) is 5.82 Å². The van der Waals surface area contributed by atoms with Gasteiger partial charge in [0.2, 0.25) is 0 Å². The number of aryl methyl sites for hydroxylation is 3. The molecule has 4 heterocycles. The zero-order valence-electron chi connectivity index (χ0n) is 17.9. The number of hydrogen-bond acceptors (Lipinski definition) is 6. The lowest BCUT2D eigenvalue weighted by Crippen LogP contribution is -2.49. The molecule has 3 aromatic heterocycles. The molecule has 1 amide bonds. The van der Waals surface area contributed by atoms with Gasteiger partial charge in [-0.25, -0.2) is 14.6 Å². The van der Waals surface area contributed by atoms with E-state index in [9.17, 15) is 4.79 Å². The topological polar surface area (TPSA) is 67.2 Å². The lowest BCUT2D eigenvalue weighted by atomic mass is 10.2. The zero-order valence-corrected chi connectivity index (χ0v) is 18.7.